The highest BCUT2D eigenvalue weighted by molar-refractivity contribution is 5.85. The summed E-state index contributed by atoms with van der Waals surface area (Å²) < 4.78 is 53.0. The van der Waals surface area contributed by atoms with Gasteiger partial charge in [0.15, 0.2) is 0 Å². The van der Waals surface area contributed by atoms with Gasteiger partial charge in [0.1, 0.15) is 5.75 Å². The van der Waals surface area contributed by atoms with E-state index in [0.29, 0.717) is 0 Å². The number of hydrogen-bond acceptors (Lipinski definition) is 2. The van der Waals surface area contributed by atoms with Crippen molar-refractivity contribution in [1.82, 2.24) is 0 Å². The van der Waals surface area contributed by atoms with E-state index in [2.05, 4.69) is 4.74 Å². The van der Waals surface area contributed by atoms with Crippen LogP contribution in [0.5, 0.6) is 5.75 Å². The summed E-state index contributed by atoms with van der Waals surface area (Å²) in [5.41, 5.74) is 6.58. The molecule has 0 aromatic heterocycles. The molecule has 19 heavy (non-hydrogen) atoms. The molecule has 0 saturated heterocycles. The Kier molecular flexibility index (Phi) is 7.15. The van der Waals surface area contributed by atoms with Crippen molar-refractivity contribution < 1.29 is 22.3 Å². The Balaban J connectivity index is 0.00000324. The average molecular weight is 302 g/mol. The number of hydrogen-bond donors (Lipinski definition) is 1. The third-order valence-corrected chi connectivity index (χ3v) is 2.42. The van der Waals surface area contributed by atoms with Crippen LogP contribution in [0.3, 0.4) is 0 Å². The van der Waals surface area contributed by atoms with Crippen molar-refractivity contribution in [3.8, 4) is 5.75 Å². The number of alkyl halides is 4. The smallest absolute Gasteiger partial charge is 0.428 e. The van der Waals surface area contributed by atoms with Gasteiger partial charge in [-0.1, -0.05) is 25.5 Å². The molecule has 0 bridgehead atoms. The van der Waals surface area contributed by atoms with E-state index in [9.17, 15) is 17.6 Å². The largest absolute Gasteiger partial charge is 0.461 e. The quantitative estimate of drug-likeness (QED) is 0.801. The first-order chi connectivity index (χ1) is 8.36. The zero-order valence-corrected chi connectivity index (χ0v) is 11.1. The van der Waals surface area contributed by atoms with Crippen molar-refractivity contribution in [2.45, 2.75) is 38.3 Å². The highest BCUT2D eigenvalue weighted by Crippen LogP contribution is 2.28. The molecule has 0 unspecified atom stereocenters. The fraction of sp³-hybridized carbons (Fsp3) is 0.500. The van der Waals surface area contributed by atoms with Gasteiger partial charge in [-0.3, -0.25) is 0 Å². The Morgan fingerprint density at radius 1 is 1.21 bits per heavy atom. The molecule has 0 aliphatic rings. The van der Waals surface area contributed by atoms with Gasteiger partial charge in [-0.25, -0.2) is 0 Å². The zero-order chi connectivity index (χ0) is 13.8. The van der Waals surface area contributed by atoms with Gasteiger partial charge >= 0.3 is 12.5 Å². The lowest BCUT2D eigenvalue weighted by Gasteiger charge is -2.17. The fourth-order valence-electron chi connectivity index (χ4n) is 1.46. The molecule has 1 aromatic rings. The van der Waals surface area contributed by atoms with Crippen molar-refractivity contribution in [2.24, 2.45) is 5.73 Å². The fourth-order valence-corrected chi connectivity index (χ4v) is 1.46. The first-order valence-corrected chi connectivity index (χ1v) is 5.57. The molecule has 0 radical (unpaired) electrons. The monoisotopic (exact) mass is 301 g/mol. The number of halogens is 5. The second-order valence-electron chi connectivity index (χ2n) is 3.93. The lowest BCUT2D eigenvalue weighted by molar-refractivity contribution is -0.253. The molecule has 2 nitrogen and oxygen atoms in total. The molecular weight excluding hydrogens is 286 g/mol. The van der Waals surface area contributed by atoms with Gasteiger partial charge in [0.05, 0.1) is 0 Å². The summed E-state index contributed by atoms with van der Waals surface area (Å²) in [5.74, 6) is -0.312. The van der Waals surface area contributed by atoms with E-state index in [1.54, 1.807) is 0 Å². The van der Waals surface area contributed by atoms with Crippen molar-refractivity contribution in [1.29, 1.82) is 0 Å². The lowest BCUT2D eigenvalue weighted by atomic mass is 10.0. The Bertz CT molecular complexity index is 372. The van der Waals surface area contributed by atoms with Crippen LogP contribution in [0.2, 0.25) is 0 Å². The number of benzene rings is 1. The molecular formula is C12H16ClF4NO. The van der Waals surface area contributed by atoms with Crippen LogP contribution in [0, 0.1) is 0 Å². The topological polar surface area (TPSA) is 35.2 Å². The van der Waals surface area contributed by atoms with Crippen molar-refractivity contribution in [3.63, 3.8) is 0 Å². The van der Waals surface area contributed by atoms with Gasteiger partial charge in [0, 0.05) is 6.04 Å². The Labute approximate surface area is 115 Å². The van der Waals surface area contributed by atoms with Crippen LogP contribution in [0.4, 0.5) is 17.6 Å². The highest BCUT2D eigenvalue weighted by atomic mass is 35.5. The van der Waals surface area contributed by atoms with Crippen molar-refractivity contribution >= 4 is 12.4 Å². The number of ether oxygens (including phenoxy) is 1. The van der Waals surface area contributed by atoms with E-state index >= 15 is 0 Å². The Morgan fingerprint density at radius 3 is 2.16 bits per heavy atom. The molecule has 2 N–H and O–H groups in total. The van der Waals surface area contributed by atoms with Gasteiger partial charge in [-0.15, -0.1) is 12.4 Å². The summed E-state index contributed by atoms with van der Waals surface area (Å²) in [5, 5.41) is 0. The minimum atomic E-state index is -4.48. The molecule has 0 heterocycles. The van der Waals surface area contributed by atoms with Crippen LogP contribution < -0.4 is 10.5 Å². The lowest BCUT2D eigenvalue weighted by Crippen LogP contribution is -2.33. The van der Waals surface area contributed by atoms with Crippen LogP contribution in [-0.2, 0) is 0 Å². The first kappa shape index (κ1) is 18.0. The van der Waals surface area contributed by atoms with Gasteiger partial charge < -0.3 is 10.5 Å². The first-order valence-electron chi connectivity index (χ1n) is 5.57. The molecule has 7 heteroatoms. The molecule has 1 atom stereocenters. The molecule has 1 rings (SSSR count). The maximum absolute atomic E-state index is 12.6. The summed E-state index contributed by atoms with van der Waals surface area (Å²) in [6.45, 7) is 1.97. The molecule has 0 aliphatic carbocycles. The molecule has 0 amide bonds. The maximum Gasteiger partial charge on any atom is 0.461 e. The van der Waals surface area contributed by atoms with Gasteiger partial charge in [-0.05, 0) is 24.1 Å². The SMILES string of the molecule is CCC[C@@H](N)c1ccc(OC(F)(F)C(F)F)cc1.Cl. The number of rotatable bonds is 6. The van der Waals surface area contributed by atoms with Gasteiger partial charge in [0.25, 0.3) is 0 Å². The summed E-state index contributed by atoms with van der Waals surface area (Å²) in [6.07, 6.45) is -6.69. The van der Waals surface area contributed by atoms with E-state index in [4.69, 9.17) is 5.73 Å². The van der Waals surface area contributed by atoms with Crippen LogP contribution in [0.15, 0.2) is 24.3 Å². The minimum Gasteiger partial charge on any atom is -0.428 e. The standard InChI is InChI=1S/C12H15F4NO.ClH/c1-2-3-10(17)8-4-6-9(7-5-8)18-12(15,16)11(13)14;/h4-7,10-11H,2-3,17H2,1H3;1H/t10-;/m1./s1. The second kappa shape index (κ2) is 7.55. The molecule has 0 aliphatic heterocycles. The van der Waals surface area contributed by atoms with E-state index in [-0.39, 0.29) is 24.2 Å². The third kappa shape index (κ3) is 5.24. The highest BCUT2D eigenvalue weighted by Gasteiger charge is 2.43. The van der Waals surface area contributed by atoms with E-state index in [1.165, 1.54) is 24.3 Å². The Morgan fingerprint density at radius 2 is 1.74 bits per heavy atom. The second-order valence-corrected chi connectivity index (χ2v) is 3.93. The normalized spacial score (nSPS) is 13.0. The van der Waals surface area contributed by atoms with E-state index in [0.717, 1.165) is 18.4 Å². The summed E-state index contributed by atoms with van der Waals surface area (Å²) >= 11 is 0. The minimum absolute atomic E-state index is 0. The van der Waals surface area contributed by atoms with Crippen molar-refractivity contribution in [2.75, 3.05) is 0 Å². The maximum atomic E-state index is 12.6. The van der Waals surface area contributed by atoms with Crippen LogP contribution in [0.1, 0.15) is 31.4 Å². The molecule has 0 spiro atoms. The zero-order valence-electron chi connectivity index (χ0n) is 10.3. The summed E-state index contributed by atoms with van der Waals surface area (Å²) in [7, 11) is 0. The molecule has 0 fully saturated rings. The van der Waals surface area contributed by atoms with E-state index < -0.39 is 12.5 Å². The van der Waals surface area contributed by atoms with Crippen LogP contribution in [0.25, 0.3) is 0 Å². The molecule has 0 saturated carbocycles. The average Bonchev–Trinajstić information content (AvgIpc) is 2.29. The molecule has 1 aromatic carbocycles. The molecule has 110 valence electrons. The van der Waals surface area contributed by atoms with Crippen molar-refractivity contribution in [3.05, 3.63) is 29.8 Å². The summed E-state index contributed by atoms with van der Waals surface area (Å²) in [4.78, 5) is 0. The Hall–Kier alpha value is -1.01. The predicted octanol–water partition coefficient (Wildman–Crippen LogP) is 4.15. The van der Waals surface area contributed by atoms with Crippen LogP contribution in [-0.4, -0.2) is 12.5 Å². The number of nitrogens with two attached hydrogens (primary N) is 1. The van der Waals surface area contributed by atoms with E-state index in [1.807, 2.05) is 6.92 Å². The predicted molar refractivity (Wildman–Crippen MR) is 67.1 cm³/mol. The van der Waals surface area contributed by atoms with Crippen LogP contribution >= 0.6 is 12.4 Å². The third-order valence-electron chi connectivity index (χ3n) is 2.42. The van der Waals surface area contributed by atoms with Gasteiger partial charge in [-0.2, -0.15) is 17.6 Å². The van der Waals surface area contributed by atoms with Gasteiger partial charge in [0.2, 0.25) is 0 Å². The summed E-state index contributed by atoms with van der Waals surface area (Å²) in [6, 6.07) is 5.22.